The molecule has 18 heavy (non-hydrogen) atoms. The molecule has 2 aromatic heterocycles. The van der Waals surface area contributed by atoms with Gasteiger partial charge in [0, 0.05) is 18.3 Å². The molecule has 3 nitrogen and oxygen atoms in total. The number of nitrogens with one attached hydrogen (secondary N) is 1. The van der Waals surface area contributed by atoms with Gasteiger partial charge in [0.2, 0.25) is 0 Å². The van der Waals surface area contributed by atoms with Crippen LogP contribution in [0, 0.1) is 5.92 Å². The van der Waals surface area contributed by atoms with Crippen LogP contribution in [0.1, 0.15) is 25.0 Å². The second-order valence-corrected chi connectivity index (χ2v) is 5.28. The van der Waals surface area contributed by atoms with E-state index < -0.39 is 0 Å². The van der Waals surface area contributed by atoms with Crippen LogP contribution in [0.2, 0.25) is 0 Å². The van der Waals surface area contributed by atoms with Crippen molar-refractivity contribution in [3.05, 3.63) is 36.2 Å². The summed E-state index contributed by atoms with van der Waals surface area (Å²) in [6.45, 7) is 1.16. The van der Waals surface area contributed by atoms with Crippen molar-refractivity contribution in [3.8, 4) is 0 Å². The number of furan rings is 1. The molecule has 2 aromatic rings. The molecule has 1 aliphatic heterocycles. The SMILES string of the molecule is C1=C(c2cc3ncccc3o2)CC2NCCC2C1. The van der Waals surface area contributed by atoms with E-state index in [0.717, 1.165) is 35.7 Å². The molecule has 2 atom stereocenters. The van der Waals surface area contributed by atoms with Gasteiger partial charge in [0.1, 0.15) is 11.3 Å². The minimum absolute atomic E-state index is 0.645. The lowest BCUT2D eigenvalue weighted by Gasteiger charge is -2.24. The van der Waals surface area contributed by atoms with Crippen LogP contribution in [0.5, 0.6) is 0 Å². The number of pyridine rings is 1. The standard InChI is InChI=1S/C15H16N2O/c1-2-14-13(16-6-1)9-15(18-14)11-4-3-10-5-7-17-12(10)8-11/h1-2,4,6,9-10,12,17H,3,5,7-8H2. The lowest BCUT2D eigenvalue weighted by molar-refractivity contribution is 0.440. The fourth-order valence-electron chi connectivity index (χ4n) is 3.19. The second kappa shape index (κ2) is 3.95. The molecule has 2 aliphatic rings. The summed E-state index contributed by atoms with van der Waals surface area (Å²) in [6, 6.07) is 6.60. The van der Waals surface area contributed by atoms with E-state index >= 15 is 0 Å². The number of nitrogens with zero attached hydrogens (tertiary/aromatic N) is 1. The van der Waals surface area contributed by atoms with Gasteiger partial charge in [-0.15, -0.1) is 0 Å². The molecule has 2 unspecified atom stereocenters. The van der Waals surface area contributed by atoms with Gasteiger partial charge in [0.15, 0.2) is 5.58 Å². The molecule has 1 aliphatic carbocycles. The summed E-state index contributed by atoms with van der Waals surface area (Å²) in [6.07, 6.45) is 7.75. The Kier molecular flexibility index (Phi) is 2.27. The quantitative estimate of drug-likeness (QED) is 0.832. The van der Waals surface area contributed by atoms with Gasteiger partial charge < -0.3 is 9.73 Å². The third-order valence-electron chi connectivity index (χ3n) is 4.20. The number of hydrogen-bond donors (Lipinski definition) is 1. The molecule has 3 heterocycles. The van der Waals surface area contributed by atoms with Crippen molar-refractivity contribution in [1.82, 2.24) is 10.3 Å². The van der Waals surface area contributed by atoms with Crippen molar-refractivity contribution in [3.63, 3.8) is 0 Å². The van der Waals surface area contributed by atoms with Gasteiger partial charge in [-0.25, -0.2) is 0 Å². The molecule has 3 heteroatoms. The highest BCUT2D eigenvalue weighted by Crippen LogP contribution is 2.36. The summed E-state index contributed by atoms with van der Waals surface area (Å²) in [7, 11) is 0. The summed E-state index contributed by atoms with van der Waals surface area (Å²) >= 11 is 0. The van der Waals surface area contributed by atoms with E-state index in [1.165, 1.54) is 18.4 Å². The van der Waals surface area contributed by atoms with Crippen molar-refractivity contribution < 1.29 is 4.42 Å². The number of rotatable bonds is 1. The number of hydrogen-bond acceptors (Lipinski definition) is 3. The zero-order chi connectivity index (χ0) is 11.9. The fourth-order valence-corrected chi connectivity index (χ4v) is 3.19. The van der Waals surface area contributed by atoms with E-state index in [-0.39, 0.29) is 0 Å². The fraction of sp³-hybridized carbons (Fsp3) is 0.400. The Labute approximate surface area is 106 Å². The normalized spacial score (nSPS) is 27.2. The van der Waals surface area contributed by atoms with E-state index in [4.69, 9.17) is 4.42 Å². The van der Waals surface area contributed by atoms with Gasteiger partial charge in [0.05, 0.1) is 0 Å². The Hall–Kier alpha value is -1.61. The predicted octanol–water partition coefficient (Wildman–Crippen LogP) is 2.98. The zero-order valence-corrected chi connectivity index (χ0v) is 10.2. The third kappa shape index (κ3) is 1.58. The first-order valence-electron chi connectivity index (χ1n) is 6.67. The number of allylic oxidation sites excluding steroid dienone is 1. The van der Waals surface area contributed by atoms with Crippen LogP contribution in [-0.2, 0) is 0 Å². The number of aromatic nitrogens is 1. The predicted molar refractivity (Wildman–Crippen MR) is 71.1 cm³/mol. The maximum absolute atomic E-state index is 5.90. The van der Waals surface area contributed by atoms with Crippen molar-refractivity contribution in [1.29, 1.82) is 0 Å². The summed E-state index contributed by atoms with van der Waals surface area (Å²) in [4.78, 5) is 4.33. The van der Waals surface area contributed by atoms with Crippen molar-refractivity contribution >= 4 is 16.7 Å². The van der Waals surface area contributed by atoms with Gasteiger partial charge in [-0.1, -0.05) is 6.08 Å². The van der Waals surface area contributed by atoms with Crippen LogP contribution in [-0.4, -0.2) is 17.6 Å². The van der Waals surface area contributed by atoms with Crippen molar-refractivity contribution in [2.75, 3.05) is 6.54 Å². The first-order valence-corrected chi connectivity index (χ1v) is 6.67. The lowest BCUT2D eigenvalue weighted by atomic mass is 9.85. The highest BCUT2D eigenvalue weighted by atomic mass is 16.3. The van der Waals surface area contributed by atoms with Crippen LogP contribution in [0.3, 0.4) is 0 Å². The van der Waals surface area contributed by atoms with E-state index in [1.54, 1.807) is 0 Å². The molecular formula is C15H16N2O. The lowest BCUT2D eigenvalue weighted by Crippen LogP contribution is -2.29. The highest BCUT2D eigenvalue weighted by Gasteiger charge is 2.30. The Bertz CT molecular complexity index is 581. The molecule has 1 fully saturated rings. The minimum Gasteiger partial charge on any atom is -0.455 e. The molecular weight excluding hydrogens is 224 g/mol. The Morgan fingerprint density at radius 1 is 1.39 bits per heavy atom. The Morgan fingerprint density at radius 2 is 2.39 bits per heavy atom. The van der Waals surface area contributed by atoms with E-state index in [2.05, 4.69) is 22.4 Å². The summed E-state index contributed by atoms with van der Waals surface area (Å²) in [5.74, 6) is 1.83. The summed E-state index contributed by atoms with van der Waals surface area (Å²) in [5, 5.41) is 3.59. The summed E-state index contributed by atoms with van der Waals surface area (Å²) < 4.78 is 5.90. The van der Waals surface area contributed by atoms with Crippen molar-refractivity contribution in [2.24, 2.45) is 5.92 Å². The second-order valence-electron chi connectivity index (χ2n) is 5.28. The average molecular weight is 240 g/mol. The molecule has 1 saturated heterocycles. The molecule has 0 radical (unpaired) electrons. The first-order chi connectivity index (χ1) is 8.90. The zero-order valence-electron chi connectivity index (χ0n) is 10.2. The number of fused-ring (bicyclic) bond motifs is 2. The topological polar surface area (TPSA) is 38.1 Å². The van der Waals surface area contributed by atoms with Crippen LogP contribution in [0.25, 0.3) is 16.7 Å². The molecule has 0 amide bonds. The minimum atomic E-state index is 0.645. The van der Waals surface area contributed by atoms with Gasteiger partial charge >= 0.3 is 0 Å². The van der Waals surface area contributed by atoms with Gasteiger partial charge in [-0.3, -0.25) is 4.98 Å². The third-order valence-corrected chi connectivity index (χ3v) is 4.20. The maximum atomic E-state index is 5.90. The van der Waals surface area contributed by atoms with Crippen LogP contribution in [0.4, 0.5) is 0 Å². The maximum Gasteiger partial charge on any atom is 0.153 e. The van der Waals surface area contributed by atoms with Crippen LogP contribution >= 0.6 is 0 Å². The Balaban J connectivity index is 1.70. The molecule has 0 aromatic carbocycles. The van der Waals surface area contributed by atoms with E-state index in [9.17, 15) is 0 Å². The van der Waals surface area contributed by atoms with E-state index in [0.29, 0.717) is 6.04 Å². The van der Waals surface area contributed by atoms with Crippen LogP contribution < -0.4 is 5.32 Å². The molecule has 1 N–H and O–H groups in total. The smallest absolute Gasteiger partial charge is 0.153 e. The Morgan fingerprint density at radius 3 is 3.33 bits per heavy atom. The van der Waals surface area contributed by atoms with Crippen molar-refractivity contribution in [2.45, 2.75) is 25.3 Å². The van der Waals surface area contributed by atoms with Crippen LogP contribution in [0.15, 0.2) is 34.9 Å². The van der Waals surface area contributed by atoms with E-state index in [1.807, 2.05) is 18.3 Å². The highest BCUT2D eigenvalue weighted by molar-refractivity contribution is 5.78. The molecule has 0 spiro atoms. The van der Waals surface area contributed by atoms with Gasteiger partial charge in [-0.2, -0.15) is 0 Å². The molecule has 4 rings (SSSR count). The largest absolute Gasteiger partial charge is 0.455 e. The molecule has 0 bridgehead atoms. The van der Waals surface area contributed by atoms with Gasteiger partial charge in [0.25, 0.3) is 0 Å². The average Bonchev–Trinajstić information content (AvgIpc) is 3.04. The molecule has 92 valence electrons. The molecule has 0 saturated carbocycles. The monoisotopic (exact) mass is 240 g/mol. The van der Waals surface area contributed by atoms with Gasteiger partial charge in [-0.05, 0) is 49.4 Å². The first kappa shape index (κ1) is 10.3. The summed E-state index contributed by atoms with van der Waals surface area (Å²) in [5.41, 5.74) is 3.17.